The molecule has 0 fully saturated rings. The summed E-state index contributed by atoms with van der Waals surface area (Å²) in [6.45, 7) is 2.57. The number of halogens is 3. The number of aliphatic imine (C=N–C) groups is 1. The lowest BCUT2D eigenvalue weighted by molar-refractivity contribution is 0.0976. The van der Waals surface area contributed by atoms with Crippen LogP contribution >= 0.6 is 0 Å². The van der Waals surface area contributed by atoms with Crippen molar-refractivity contribution in [1.82, 2.24) is 20.8 Å². The quantitative estimate of drug-likeness (QED) is 0.446. The largest absolute Gasteiger partial charge is 0.382 e. The standard InChI is InChI=1S/C18H21F3N6O2/c1-9(8-29-2)23-18(25-17(28)10-3-4-11(19)12(20)5-10)24-16-15-13(21)6-22-7-14(15)26-27-16/h3-5,9,13,22H,6-8H2,1-2H3,(H3,23,24,25,26,27,28)/t9-,13?/m0/s1. The maximum atomic E-state index is 14.3. The summed E-state index contributed by atoms with van der Waals surface area (Å²) < 4.78 is 45.9. The summed E-state index contributed by atoms with van der Waals surface area (Å²) in [7, 11) is 1.50. The molecule has 2 atom stereocenters. The first kappa shape index (κ1) is 20.8. The number of anilines is 1. The van der Waals surface area contributed by atoms with Crippen LogP contribution in [-0.2, 0) is 11.3 Å². The number of ether oxygens (including phenoxy) is 1. The average Bonchev–Trinajstić information content (AvgIpc) is 3.08. The number of carbonyl (C=O) groups excluding carboxylic acids is 1. The van der Waals surface area contributed by atoms with Gasteiger partial charge in [0.2, 0.25) is 5.96 Å². The summed E-state index contributed by atoms with van der Waals surface area (Å²) in [6.07, 6.45) is -1.29. The van der Waals surface area contributed by atoms with Gasteiger partial charge in [0.1, 0.15) is 6.17 Å². The lowest BCUT2D eigenvalue weighted by Crippen LogP contribution is -2.38. The highest BCUT2D eigenvalue weighted by Gasteiger charge is 2.27. The first-order valence-corrected chi connectivity index (χ1v) is 8.91. The molecule has 1 aliphatic rings. The van der Waals surface area contributed by atoms with E-state index in [1.54, 1.807) is 6.92 Å². The number of fused-ring (bicyclic) bond motifs is 1. The fraction of sp³-hybridized carbons (Fsp3) is 0.389. The fourth-order valence-electron chi connectivity index (χ4n) is 2.90. The molecule has 3 rings (SSSR count). The number of alkyl halides is 1. The molecule has 1 aliphatic heterocycles. The van der Waals surface area contributed by atoms with Crippen molar-refractivity contribution in [2.45, 2.75) is 25.7 Å². The Labute approximate surface area is 164 Å². The second-order valence-electron chi connectivity index (χ2n) is 6.55. The number of methoxy groups -OCH3 is 1. The molecule has 0 spiro atoms. The second-order valence-corrected chi connectivity index (χ2v) is 6.55. The fourth-order valence-corrected chi connectivity index (χ4v) is 2.90. The summed E-state index contributed by atoms with van der Waals surface area (Å²) in [4.78, 5) is 16.8. The average molecular weight is 410 g/mol. The molecule has 156 valence electrons. The molecule has 0 saturated carbocycles. The zero-order valence-electron chi connectivity index (χ0n) is 15.9. The van der Waals surface area contributed by atoms with Crippen LogP contribution in [0.25, 0.3) is 0 Å². The Morgan fingerprint density at radius 2 is 2.21 bits per heavy atom. The maximum absolute atomic E-state index is 14.3. The number of nitrogens with zero attached hydrogens (tertiary/aromatic N) is 2. The maximum Gasteiger partial charge on any atom is 0.258 e. The second kappa shape index (κ2) is 9.05. The van der Waals surface area contributed by atoms with E-state index in [-0.39, 0.29) is 36.5 Å². The van der Waals surface area contributed by atoms with Gasteiger partial charge in [0, 0.05) is 25.8 Å². The minimum Gasteiger partial charge on any atom is -0.382 e. The molecule has 0 saturated heterocycles. The number of carbonyl (C=O) groups is 1. The molecule has 11 heteroatoms. The Kier molecular flexibility index (Phi) is 6.49. The Hall–Kier alpha value is -2.92. The van der Waals surface area contributed by atoms with Crippen LogP contribution in [-0.4, -0.2) is 48.4 Å². The Morgan fingerprint density at radius 3 is 2.93 bits per heavy atom. The van der Waals surface area contributed by atoms with Gasteiger partial charge < -0.3 is 15.4 Å². The molecule has 1 amide bonds. The van der Waals surface area contributed by atoms with Crippen molar-refractivity contribution in [2.24, 2.45) is 4.99 Å². The van der Waals surface area contributed by atoms with Crippen molar-refractivity contribution < 1.29 is 22.7 Å². The van der Waals surface area contributed by atoms with Gasteiger partial charge in [-0.05, 0) is 25.1 Å². The molecule has 0 radical (unpaired) electrons. The molecular formula is C18H21F3N6O2. The van der Waals surface area contributed by atoms with Gasteiger partial charge in [-0.3, -0.25) is 15.2 Å². The SMILES string of the molecule is COC[C@H](C)N=C(NC(=O)c1ccc(F)c(F)c1)Nc1n[nH]c2c1C(F)CNC2. The lowest BCUT2D eigenvalue weighted by atomic mass is 10.1. The number of nitrogens with one attached hydrogen (secondary N) is 4. The summed E-state index contributed by atoms with van der Waals surface area (Å²) in [5.74, 6) is -2.77. The lowest BCUT2D eigenvalue weighted by Gasteiger charge is -2.19. The van der Waals surface area contributed by atoms with Gasteiger partial charge in [0.05, 0.1) is 23.9 Å². The van der Waals surface area contributed by atoms with Crippen molar-refractivity contribution in [1.29, 1.82) is 0 Å². The van der Waals surface area contributed by atoms with Crippen LogP contribution in [0.1, 0.15) is 34.7 Å². The van der Waals surface area contributed by atoms with Crippen LogP contribution in [0.15, 0.2) is 23.2 Å². The van der Waals surface area contributed by atoms with E-state index in [2.05, 4.69) is 31.1 Å². The molecule has 4 N–H and O–H groups in total. The molecular weight excluding hydrogens is 389 g/mol. The van der Waals surface area contributed by atoms with Crippen LogP contribution < -0.4 is 16.0 Å². The number of guanidine groups is 1. The minimum absolute atomic E-state index is 0.0238. The van der Waals surface area contributed by atoms with Crippen LogP contribution in [0.2, 0.25) is 0 Å². The number of rotatable bonds is 5. The topological polar surface area (TPSA) is 103 Å². The van der Waals surface area contributed by atoms with Crippen molar-refractivity contribution in [3.05, 3.63) is 46.7 Å². The molecule has 1 aromatic carbocycles. The number of benzene rings is 1. The smallest absolute Gasteiger partial charge is 0.258 e. The van der Waals surface area contributed by atoms with Crippen LogP contribution in [0.4, 0.5) is 19.0 Å². The molecule has 0 bridgehead atoms. The van der Waals surface area contributed by atoms with E-state index in [0.29, 0.717) is 17.8 Å². The van der Waals surface area contributed by atoms with E-state index in [1.807, 2.05) is 0 Å². The first-order valence-electron chi connectivity index (χ1n) is 8.91. The van der Waals surface area contributed by atoms with Gasteiger partial charge in [-0.2, -0.15) is 5.10 Å². The van der Waals surface area contributed by atoms with Crippen molar-refractivity contribution in [3.8, 4) is 0 Å². The molecule has 2 heterocycles. The molecule has 0 aliphatic carbocycles. The Bertz CT molecular complexity index is 917. The van der Waals surface area contributed by atoms with Gasteiger partial charge in [-0.25, -0.2) is 18.2 Å². The number of hydrogen-bond acceptors (Lipinski definition) is 5. The van der Waals surface area contributed by atoms with Gasteiger partial charge >= 0.3 is 0 Å². The highest BCUT2D eigenvalue weighted by Crippen LogP contribution is 2.29. The Balaban J connectivity index is 1.84. The number of amides is 1. The first-order chi connectivity index (χ1) is 13.9. The summed E-state index contributed by atoms with van der Waals surface area (Å²) in [5.41, 5.74) is 0.829. The van der Waals surface area contributed by atoms with E-state index in [4.69, 9.17) is 4.74 Å². The normalized spacial score (nSPS) is 17.6. The molecule has 8 nitrogen and oxygen atoms in total. The number of aromatic nitrogens is 2. The van der Waals surface area contributed by atoms with E-state index in [0.717, 1.165) is 18.2 Å². The van der Waals surface area contributed by atoms with Crippen LogP contribution in [0.3, 0.4) is 0 Å². The van der Waals surface area contributed by atoms with E-state index >= 15 is 0 Å². The van der Waals surface area contributed by atoms with E-state index in [9.17, 15) is 18.0 Å². The van der Waals surface area contributed by atoms with Gasteiger partial charge in [0.25, 0.3) is 5.91 Å². The monoisotopic (exact) mass is 410 g/mol. The van der Waals surface area contributed by atoms with Crippen molar-refractivity contribution in [2.75, 3.05) is 25.6 Å². The zero-order chi connectivity index (χ0) is 21.0. The molecule has 2 aromatic rings. The third-order valence-electron chi connectivity index (χ3n) is 4.23. The number of H-pyrrole nitrogens is 1. The zero-order valence-corrected chi connectivity index (χ0v) is 15.9. The van der Waals surface area contributed by atoms with Crippen molar-refractivity contribution in [3.63, 3.8) is 0 Å². The third-order valence-corrected chi connectivity index (χ3v) is 4.23. The Morgan fingerprint density at radius 1 is 1.41 bits per heavy atom. The predicted octanol–water partition coefficient (Wildman–Crippen LogP) is 2.03. The molecule has 29 heavy (non-hydrogen) atoms. The summed E-state index contributed by atoms with van der Waals surface area (Å²) in [6, 6.07) is 2.42. The highest BCUT2D eigenvalue weighted by atomic mass is 19.2. The minimum atomic E-state index is -1.29. The van der Waals surface area contributed by atoms with E-state index < -0.39 is 23.7 Å². The van der Waals surface area contributed by atoms with Gasteiger partial charge in [-0.1, -0.05) is 0 Å². The summed E-state index contributed by atoms with van der Waals surface area (Å²) >= 11 is 0. The molecule has 1 unspecified atom stereocenters. The summed E-state index contributed by atoms with van der Waals surface area (Å²) in [5, 5.41) is 15.0. The number of aromatic amines is 1. The number of hydrogen-bond donors (Lipinski definition) is 4. The van der Waals surface area contributed by atoms with Crippen molar-refractivity contribution >= 4 is 17.7 Å². The highest BCUT2D eigenvalue weighted by molar-refractivity contribution is 6.10. The van der Waals surface area contributed by atoms with Gasteiger partial charge in [0.15, 0.2) is 17.5 Å². The van der Waals surface area contributed by atoms with Crippen LogP contribution in [0.5, 0.6) is 0 Å². The molecule has 1 aromatic heterocycles. The van der Waals surface area contributed by atoms with Gasteiger partial charge in [-0.15, -0.1) is 0 Å². The van der Waals surface area contributed by atoms with E-state index in [1.165, 1.54) is 7.11 Å². The third kappa shape index (κ3) is 4.93. The predicted molar refractivity (Wildman–Crippen MR) is 100 cm³/mol. The van der Waals surface area contributed by atoms with Crippen LogP contribution in [0, 0.1) is 11.6 Å².